The molecule has 6 nitrogen and oxygen atoms in total. The molecule has 3 fully saturated rings. The largest absolute Gasteiger partial charge is 0.493 e. The lowest BCUT2D eigenvalue weighted by atomic mass is 9.93. The average molecular weight is 478 g/mol. The van der Waals surface area contributed by atoms with E-state index in [-0.39, 0.29) is 18.2 Å². The van der Waals surface area contributed by atoms with Crippen LogP contribution in [0.1, 0.15) is 37.7 Å². The first-order chi connectivity index (χ1) is 17.2. The van der Waals surface area contributed by atoms with Crippen LogP contribution in [0.3, 0.4) is 0 Å². The van der Waals surface area contributed by atoms with Crippen LogP contribution in [0, 0.1) is 5.92 Å². The van der Waals surface area contributed by atoms with Gasteiger partial charge < -0.3 is 24.5 Å². The van der Waals surface area contributed by atoms with Crippen molar-refractivity contribution in [3.8, 4) is 11.5 Å². The summed E-state index contributed by atoms with van der Waals surface area (Å²) in [6, 6.07) is 17.3. The van der Waals surface area contributed by atoms with Crippen molar-refractivity contribution in [2.45, 2.75) is 56.7 Å². The van der Waals surface area contributed by atoms with Crippen LogP contribution in [0.4, 0.5) is 5.69 Å². The Labute approximate surface area is 209 Å². The fourth-order valence-electron chi connectivity index (χ4n) is 6.13. The van der Waals surface area contributed by atoms with Gasteiger partial charge in [0.05, 0.1) is 19.3 Å². The van der Waals surface area contributed by atoms with Gasteiger partial charge in [0, 0.05) is 37.4 Å². The summed E-state index contributed by atoms with van der Waals surface area (Å²) in [5.41, 5.74) is 2.49. The van der Waals surface area contributed by atoms with Crippen LogP contribution in [0.5, 0.6) is 11.5 Å². The highest BCUT2D eigenvalue weighted by molar-refractivity contribution is 5.60. The molecule has 1 saturated carbocycles. The predicted octanol–water partition coefficient (Wildman–Crippen LogP) is 3.93. The molecule has 1 aliphatic carbocycles. The van der Waals surface area contributed by atoms with Gasteiger partial charge in [0.15, 0.2) is 11.5 Å². The summed E-state index contributed by atoms with van der Waals surface area (Å²) in [4.78, 5) is 17.2. The van der Waals surface area contributed by atoms with Crippen molar-refractivity contribution in [2.75, 3.05) is 44.7 Å². The highest BCUT2D eigenvalue weighted by atomic mass is 16.5. The van der Waals surface area contributed by atoms with Gasteiger partial charge in [0.2, 0.25) is 0 Å². The number of aldehydes is 1. The predicted molar refractivity (Wildman–Crippen MR) is 140 cm³/mol. The molecule has 0 radical (unpaired) electrons. The molecular formula is C29H39N3O3. The fraction of sp³-hybridized carbons (Fsp3) is 0.552. The quantitative estimate of drug-likeness (QED) is 0.553. The molecule has 2 aromatic rings. The summed E-state index contributed by atoms with van der Waals surface area (Å²) >= 11 is 0. The first kappa shape index (κ1) is 24.1. The van der Waals surface area contributed by atoms with E-state index >= 15 is 0 Å². The van der Waals surface area contributed by atoms with Crippen molar-refractivity contribution in [1.82, 2.24) is 10.2 Å². The Morgan fingerprint density at radius 3 is 2.60 bits per heavy atom. The topological polar surface area (TPSA) is 54.0 Å². The van der Waals surface area contributed by atoms with E-state index in [4.69, 9.17) is 9.47 Å². The van der Waals surface area contributed by atoms with Gasteiger partial charge in [-0.25, -0.2) is 0 Å². The Morgan fingerprint density at radius 1 is 1.06 bits per heavy atom. The molecule has 3 aliphatic rings. The Balaban J connectivity index is 1.37. The number of methoxy groups -OCH3 is 1. The van der Waals surface area contributed by atoms with Gasteiger partial charge in [-0.3, -0.25) is 4.90 Å². The van der Waals surface area contributed by atoms with E-state index in [1.165, 1.54) is 30.4 Å². The highest BCUT2D eigenvalue weighted by Gasteiger charge is 2.37. The first-order valence-electron chi connectivity index (χ1n) is 13.3. The molecule has 1 N–H and O–H groups in total. The molecule has 2 saturated heterocycles. The SMILES string of the molecule is COc1ccc(N2CCN([C@H](C=O)[C@H]3CCNC3)C(Cc3ccccc3)C2)cc1OC1CCCC1. The smallest absolute Gasteiger partial charge is 0.163 e. The molecular weight excluding hydrogens is 438 g/mol. The lowest BCUT2D eigenvalue weighted by molar-refractivity contribution is -0.115. The van der Waals surface area contributed by atoms with E-state index in [1.807, 2.05) is 6.07 Å². The number of carbonyl (C=O) groups is 1. The van der Waals surface area contributed by atoms with E-state index in [2.05, 4.69) is 57.6 Å². The van der Waals surface area contributed by atoms with Gasteiger partial charge in [-0.2, -0.15) is 0 Å². The monoisotopic (exact) mass is 477 g/mol. The zero-order chi connectivity index (χ0) is 24.0. The normalized spacial score (nSPS) is 24.4. The maximum Gasteiger partial charge on any atom is 0.163 e. The lowest BCUT2D eigenvalue weighted by Crippen LogP contribution is -2.59. The third-order valence-corrected chi connectivity index (χ3v) is 8.05. The van der Waals surface area contributed by atoms with Gasteiger partial charge in [-0.15, -0.1) is 0 Å². The highest BCUT2D eigenvalue weighted by Crippen LogP contribution is 2.36. The van der Waals surface area contributed by atoms with Gasteiger partial charge in [-0.05, 0) is 75.2 Å². The molecule has 0 bridgehead atoms. The third kappa shape index (κ3) is 5.65. The van der Waals surface area contributed by atoms with E-state index in [9.17, 15) is 4.79 Å². The minimum absolute atomic E-state index is 0.0296. The summed E-state index contributed by atoms with van der Waals surface area (Å²) < 4.78 is 12.0. The number of anilines is 1. The maximum atomic E-state index is 12.3. The molecule has 2 aliphatic heterocycles. The second kappa shape index (κ2) is 11.4. The minimum Gasteiger partial charge on any atom is -0.493 e. The van der Waals surface area contributed by atoms with Crippen LogP contribution in [0.25, 0.3) is 0 Å². The van der Waals surface area contributed by atoms with E-state index in [1.54, 1.807) is 7.11 Å². The van der Waals surface area contributed by atoms with Crippen LogP contribution in [0.2, 0.25) is 0 Å². The minimum atomic E-state index is -0.0296. The summed E-state index contributed by atoms with van der Waals surface area (Å²) in [5, 5.41) is 3.45. The molecule has 2 aromatic carbocycles. The second-order valence-electron chi connectivity index (χ2n) is 10.3. The number of ether oxygens (including phenoxy) is 2. The van der Waals surface area contributed by atoms with Gasteiger partial charge in [0.1, 0.15) is 6.29 Å². The molecule has 0 aromatic heterocycles. The standard InChI is InChI=1S/C29H39N3O3/c1-34-28-12-11-24(18-29(28)35-26-9-5-6-10-26)31-15-16-32(27(21-33)23-13-14-30-19-23)25(20-31)17-22-7-3-2-4-8-22/h2-4,7-8,11-12,18,21,23,25-27,30H,5-6,9-10,13-17,19-20H2,1H3/t23-,25?,27+/m0/s1. The van der Waals surface area contributed by atoms with Crippen molar-refractivity contribution in [1.29, 1.82) is 0 Å². The number of nitrogens with one attached hydrogen (secondary N) is 1. The Hall–Kier alpha value is -2.57. The number of nitrogens with zero attached hydrogens (tertiary/aromatic N) is 2. The summed E-state index contributed by atoms with van der Waals surface area (Å²) in [5.74, 6) is 2.04. The lowest BCUT2D eigenvalue weighted by Gasteiger charge is -2.46. The number of rotatable bonds is 9. The Morgan fingerprint density at radius 2 is 1.89 bits per heavy atom. The molecule has 2 heterocycles. The molecule has 188 valence electrons. The third-order valence-electron chi connectivity index (χ3n) is 8.05. The summed E-state index contributed by atoms with van der Waals surface area (Å²) in [7, 11) is 1.71. The maximum absolute atomic E-state index is 12.3. The molecule has 6 heteroatoms. The van der Waals surface area contributed by atoms with Crippen LogP contribution in [-0.4, -0.2) is 69.2 Å². The Bertz CT molecular complexity index is 957. The van der Waals surface area contributed by atoms with Crippen LogP contribution < -0.4 is 19.7 Å². The molecule has 35 heavy (non-hydrogen) atoms. The number of benzene rings is 2. The molecule has 0 amide bonds. The number of carbonyl (C=O) groups excluding carboxylic acids is 1. The number of piperazine rings is 1. The zero-order valence-corrected chi connectivity index (χ0v) is 20.9. The zero-order valence-electron chi connectivity index (χ0n) is 20.9. The van der Waals surface area contributed by atoms with Crippen LogP contribution in [0.15, 0.2) is 48.5 Å². The number of hydrogen-bond acceptors (Lipinski definition) is 6. The van der Waals surface area contributed by atoms with Gasteiger partial charge in [-0.1, -0.05) is 30.3 Å². The average Bonchev–Trinajstić information content (AvgIpc) is 3.61. The van der Waals surface area contributed by atoms with Gasteiger partial charge in [0.25, 0.3) is 0 Å². The number of hydrogen-bond donors (Lipinski definition) is 1. The molecule has 3 atom stereocenters. The van der Waals surface area contributed by atoms with E-state index in [0.29, 0.717) is 5.92 Å². The van der Waals surface area contributed by atoms with Crippen molar-refractivity contribution in [3.05, 3.63) is 54.1 Å². The van der Waals surface area contributed by atoms with Crippen LogP contribution in [-0.2, 0) is 11.2 Å². The second-order valence-corrected chi connectivity index (χ2v) is 10.3. The van der Waals surface area contributed by atoms with E-state index < -0.39 is 0 Å². The van der Waals surface area contributed by atoms with Crippen molar-refractivity contribution < 1.29 is 14.3 Å². The molecule has 1 unspecified atom stereocenters. The summed E-state index contributed by atoms with van der Waals surface area (Å²) in [6.07, 6.45) is 8.21. The molecule has 0 spiro atoms. The first-order valence-corrected chi connectivity index (χ1v) is 13.3. The fourth-order valence-corrected chi connectivity index (χ4v) is 6.13. The van der Waals surface area contributed by atoms with Crippen LogP contribution >= 0.6 is 0 Å². The van der Waals surface area contributed by atoms with E-state index in [0.717, 1.165) is 69.9 Å². The van der Waals surface area contributed by atoms with Crippen molar-refractivity contribution in [3.63, 3.8) is 0 Å². The van der Waals surface area contributed by atoms with Crippen molar-refractivity contribution >= 4 is 12.0 Å². The van der Waals surface area contributed by atoms with Crippen molar-refractivity contribution in [2.24, 2.45) is 5.92 Å². The molecule has 5 rings (SSSR count). The Kier molecular flexibility index (Phi) is 7.89. The summed E-state index contributed by atoms with van der Waals surface area (Å²) in [6.45, 7) is 4.60. The van der Waals surface area contributed by atoms with Gasteiger partial charge >= 0.3 is 0 Å².